The van der Waals surface area contributed by atoms with Crippen LogP contribution in [0.15, 0.2) is 71.3 Å². The van der Waals surface area contributed by atoms with Crippen LogP contribution in [0, 0.1) is 0 Å². The number of hydrogen-bond acceptors (Lipinski definition) is 6. The Labute approximate surface area is 180 Å². The number of methoxy groups -OCH3 is 1. The minimum absolute atomic E-state index is 0.0920. The van der Waals surface area contributed by atoms with E-state index in [0.29, 0.717) is 30.2 Å². The summed E-state index contributed by atoms with van der Waals surface area (Å²) < 4.78 is 16.6. The summed E-state index contributed by atoms with van der Waals surface area (Å²) in [6, 6.07) is 19.4. The minimum Gasteiger partial charge on any atom is -0.489 e. The molecule has 4 aromatic rings. The lowest BCUT2D eigenvalue weighted by atomic mass is 9.99. The molecular formula is C25H24N2O4. The van der Waals surface area contributed by atoms with E-state index in [0.717, 1.165) is 33.2 Å². The molecule has 0 aliphatic carbocycles. The van der Waals surface area contributed by atoms with E-state index in [1.165, 1.54) is 7.11 Å². The van der Waals surface area contributed by atoms with Crippen molar-refractivity contribution in [1.29, 1.82) is 0 Å². The first-order valence-electron chi connectivity index (χ1n) is 9.95. The Hall–Kier alpha value is -3.77. The number of hydrogen-bond donors (Lipinski definition) is 2. The Bertz CT molecular complexity index is 1230. The van der Waals surface area contributed by atoms with Crippen molar-refractivity contribution >= 4 is 22.6 Å². The summed E-state index contributed by atoms with van der Waals surface area (Å²) in [6.07, 6.45) is 1.77. The molecule has 6 nitrogen and oxygen atoms in total. The number of ether oxygens (including phenoxy) is 2. The van der Waals surface area contributed by atoms with Gasteiger partial charge in [0.05, 0.1) is 19.8 Å². The number of esters is 1. The van der Waals surface area contributed by atoms with Crippen LogP contribution in [-0.2, 0) is 29.1 Å². The van der Waals surface area contributed by atoms with Crippen molar-refractivity contribution in [3.8, 4) is 16.9 Å². The van der Waals surface area contributed by atoms with E-state index in [2.05, 4.69) is 12.1 Å². The minimum atomic E-state index is -0.350. The summed E-state index contributed by atoms with van der Waals surface area (Å²) in [5.74, 6) is 0.246. The van der Waals surface area contributed by atoms with Crippen LogP contribution in [-0.4, -0.2) is 13.1 Å². The fourth-order valence-electron chi connectivity index (χ4n) is 3.57. The Kier molecular flexibility index (Phi) is 5.91. The molecule has 0 spiro atoms. The summed E-state index contributed by atoms with van der Waals surface area (Å²) in [4.78, 5) is 11.8. The molecule has 0 bridgehead atoms. The number of carbonyl (C=O) groups is 1. The third-order valence-electron chi connectivity index (χ3n) is 5.13. The van der Waals surface area contributed by atoms with Crippen LogP contribution in [0.3, 0.4) is 0 Å². The van der Waals surface area contributed by atoms with Gasteiger partial charge in [-0.05, 0) is 59.2 Å². The van der Waals surface area contributed by atoms with Gasteiger partial charge in [-0.1, -0.05) is 18.2 Å². The molecule has 0 atom stereocenters. The lowest BCUT2D eigenvalue weighted by Gasteiger charge is -2.13. The molecule has 0 saturated carbocycles. The smallest absolute Gasteiger partial charge is 0.310 e. The second-order valence-corrected chi connectivity index (χ2v) is 7.30. The second-order valence-electron chi connectivity index (χ2n) is 7.30. The van der Waals surface area contributed by atoms with Gasteiger partial charge in [-0.15, -0.1) is 0 Å². The van der Waals surface area contributed by atoms with Crippen LogP contribution in [0.25, 0.3) is 22.1 Å². The summed E-state index contributed by atoms with van der Waals surface area (Å²) in [7, 11) is 1.36. The number of nitrogens with two attached hydrogens (primary N) is 2. The molecule has 1 heterocycles. The van der Waals surface area contributed by atoms with Crippen LogP contribution in [0.2, 0.25) is 0 Å². The molecular weight excluding hydrogens is 392 g/mol. The Balaban J connectivity index is 1.65. The van der Waals surface area contributed by atoms with E-state index >= 15 is 0 Å². The molecule has 0 saturated heterocycles. The summed E-state index contributed by atoms with van der Waals surface area (Å²) in [5, 5.41) is 0.987. The van der Waals surface area contributed by atoms with E-state index in [1.54, 1.807) is 24.5 Å². The topological polar surface area (TPSA) is 101 Å². The van der Waals surface area contributed by atoms with Crippen molar-refractivity contribution in [3.63, 3.8) is 0 Å². The molecule has 4 N–H and O–H groups in total. The van der Waals surface area contributed by atoms with Crippen molar-refractivity contribution < 1.29 is 18.7 Å². The number of rotatable bonds is 7. The monoisotopic (exact) mass is 416 g/mol. The maximum absolute atomic E-state index is 11.8. The number of furan rings is 1. The molecule has 0 aliphatic heterocycles. The van der Waals surface area contributed by atoms with Crippen molar-refractivity contribution in [1.82, 2.24) is 0 Å². The van der Waals surface area contributed by atoms with Gasteiger partial charge < -0.3 is 25.4 Å². The Morgan fingerprint density at radius 3 is 2.71 bits per heavy atom. The molecule has 0 fully saturated rings. The zero-order valence-electron chi connectivity index (χ0n) is 17.3. The molecule has 0 aliphatic rings. The van der Waals surface area contributed by atoms with E-state index in [1.807, 2.05) is 30.3 Å². The van der Waals surface area contributed by atoms with Gasteiger partial charge in [-0.3, -0.25) is 4.79 Å². The second kappa shape index (κ2) is 8.93. The van der Waals surface area contributed by atoms with Crippen molar-refractivity contribution in [2.24, 2.45) is 5.73 Å². The van der Waals surface area contributed by atoms with Crippen molar-refractivity contribution in [2.45, 2.75) is 19.6 Å². The highest BCUT2D eigenvalue weighted by atomic mass is 16.5. The lowest BCUT2D eigenvalue weighted by Crippen LogP contribution is -2.07. The van der Waals surface area contributed by atoms with Gasteiger partial charge >= 0.3 is 5.97 Å². The molecule has 158 valence electrons. The van der Waals surface area contributed by atoms with Crippen LogP contribution in [0.4, 0.5) is 5.69 Å². The van der Waals surface area contributed by atoms with Crippen LogP contribution >= 0.6 is 0 Å². The first kappa shape index (κ1) is 20.5. The quantitative estimate of drug-likeness (QED) is 0.341. The maximum Gasteiger partial charge on any atom is 0.310 e. The predicted molar refractivity (Wildman–Crippen MR) is 120 cm³/mol. The highest BCUT2D eigenvalue weighted by Gasteiger charge is 2.13. The first-order valence-corrected chi connectivity index (χ1v) is 9.95. The molecule has 0 radical (unpaired) electrons. The van der Waals surface area contributed by atoms with Gasteiger partial charge in [0.15, 0.2) is 0 Å². The molecule has 1 aromatic heterocycles. The average Bonchev–Trinajstić information content (AvgIpc) is 3.26. The number of nitrogen functional groups attached to an aromatic ring is 1. The normalized spacial score (nSPS) is 10.9. The van der Waals surface area contributed by atoms with Gasteiger partial charge in [0.25, 0.3) is 0 Å². The molecule has 6 heteroatoms. The van der Waals surface area contributed by atoms with Crippen LogP contribution in [0.1, 0.15) is 16.7 Å². The third-order valence-corrected chi connectivity index (χ3v) is 5.13. The highest BCUT2D eigenvalue weighted by Crippen LogP contribution is 2.32. The summed E-state index contributed by atoms with van der Waals surface area (Å²) in [6.45, 7) is 0.792. The van der Waals surface area contributed by atoms with E-state index in [-0.39, 0.29) is 12.4 Å². The number of anilines is 1. The molecule has 3 aromatic carbocycles. The summed E-state index contributed by atoms with van der Waals surface area (Å²) in [5.41, 5.74) is 17.8. The third kappa shape index (κ3) is 4.54. The molecule has 4 rings (SSSR count). The Morgan fingerprint density at radius 2 is 1.90 bits per heavy atom. The summed E-state index contributed by atoms with van der Waals surface area (Å²) >= 11 is 0. The fourth-order valence-corrected chi connectivity index (χ4v) is 3.57. The number of carbonyl (C=O) groups excluding carboxylic acids is 1. The highest BCUT2D eigenvalue weighted by molar-refractivity contribution is 5.93. The fraction of sp³-hybridized carbons (Fsp3) is 0.160. The standard InChI is InChI=1S/C25H24N2O4/c1-29-24(28)13-20-12-21(27)5-6-23(20)31-15-17-10-19-7-8-30-25(19)22(11-17)18-4-2-3-16(9-18)14-26/h2-12H,13-15,26-27H2,1H3. The Morgan fingerprint density at radius 1 is 1.03 bits per heavy atom. The average molecular weight is 416 g/mol. The van der Waals surface area contributed by atoms with Crippen molar-refractivity contribution in [2.75, 3.05) is 12.8 Å². The molecule has 31 heavy (non-hydrogen) atoms. The van der Waals surface area contributed by atoms with Gasteiger partial charge in [-0.25, -0.2) is 0 Å². The predicted octanol–water partition coefficient (Wildman–Crippen LogP) is 4.44. The van der Waals surface area contributed by atoms with Gasteiger partial charge in [0.1, 0.15) is 17.9 Å². The SMILES string of the molecule is COC(=O)Cc1cc(N)ccc1OCc1cc(-c2cccc(CN)c2)c2occc2c1. The maximum atomic E-state index is 11.8. The van der Waals surface area contributed by atoms with Gasteiger partial charge in [-0.2, -0.15) is 0 Å². The van der Waals surface area contributed by atoms with Crippen LogP contribution < -0.4 is 16.2 Å². The van der Waals surface area contributed by atoms with Gasteiger partial charge in [0, 0.05) is 28.7 Å². The first-order chi connectivity index (χ1) is 15.1. The largest absolute Gasteiger partial charge is 0.489 e. The molecule has 0 amide bonds. The zero-order valence-corrected chi connectivity index (χ0v) is 17.3. The van der Waals surface area contributed by atoms with Crippen molar-refractivity contribution in [3.05, 3.63) is 83.6 Å². The van der Waals surface area contributed by atoms with E-state index < -0.39 is 0 Å². The van der Waals surface area contributed by atoms with E-state index in [9.17, 15) is 4.79 Å². The molecule has 0 unspecified atom stereocenters. The number of fused-ring (bicyclic) bond motifs is 1. The lowest BCUT2D eigenvalue weighted by molar-refractivity contribution is -0.139. The van der Waals surface area contributed by atoms with Crippen LogP contribution in [0.5, 0.6) is 5.75 Å². The zero-order chi connectivity index (χ0) is 21.8. The van der Waals surface area contributed by atoms with Gasteiger partial charge in [0.2, 0.25) is 0 Å². The number of benzene rings is 3. The van der Waals surface area contributed by atoms with E-state index in [4.69, 9.17) is 25.4 Å².